The lowest BCUT2D eigenvalue weighted by atomic mass is 10.0. The number of benzene rings is 2. The SMILES string of the molecule is CC[C@H]([NH2+]Cc1cc(=O)oc2c(C)c(O)ccc12)c1ccc(Br)cc1. The summed E-state index contributed by atoms with van der Waals surface area (Å²) < 4.78 is 6.37. The average molecular weight is 403 g/mol. The Balaban J connectivity index is 1.91. The lowest BCUT2D eigenvalue weighted by molar-refractivity contribution is -0.711. The van der Waals surface area contributed by atoms with Crippen LogP contribution in [0.3, 0.4) is 0 Å². The molecule has 4 nitrogen and oxygen atoms in total. The van der Waals surface area contributed by atoms with Crippen molar-refractivity contribution in [1.82, 2.24) is 0 Å². The minimum absolute atomic E-state index is 0.137. The number of phenolic OH excluding ortho intramolecular Hbond substituents is 1. The number of aryl methyl sites for hydroxylation is 1. The molecule has 0 radical (unpaired) electrons. The summed E-state index contributed by atoms with van der Waals surface area (Å²) in [6.07, 6.45) is 0.987. The van der Waals surface area contributed by atoms with Crippen LogP contribution in [0.5, 0.6) is 5.75 Å². The summed E-state index contributed by atoms with van der Waals surface area (Å²) in [5.41, 5.74) is 2.85. The monoisotopic (exact) mass is 402 g/mol. The van der Waals surface area contributed by atoms with Crippen LogP contribution in [0, 0.1) is 6.92 Å². The predicted octanol–water partition coefficient (Wildman–Crippen LogP) is 3.78. The van der Waals surface area contributed by atoms with E-state index in [2.05, 4.69) is 40.3 Å². The van der Waals surface area contributed by atoms with Crippen molar-refractivity contribution in [3.05, 3.63) is 74.0 Å². The van der Waals surface area contributed by atoms with Gasteiger partial charge in [-0.1, -0.05) is 35.0 Å². The third-order valence-corrected chi connectivity index (χ3v) is 5.11. The highest BCUT2D eigenvalue weighted by Gasteiger charge is 2.16. The van der Waals surface area contributed by atoms with E-state index in [1.54, 1.807) is 19.1 Å². The van der Waals surface area contributed by atoms with Gasteiger partial charge in [-0.05, 0) is 31.2 Å². The number of hydrogen-bond donors (Lipinski definition) is 2. The van der Waals surface area contributed by atoms with Crippen molar-refractivity contribution in [2.45, 2.75) is 32.9 Å². The van der Waals surface area contributed by atoms with Crippen molar-refractivity contribution >= 4 is 26.9 Å². The van der Waals surface area contributed by atoms with E-state index < -0.39 is 0 Å². The van der Waals surface area contributed by atoms with Crippen molar-refractivity contribution in [3.63, 3.8) is 0 Å². The molecule has 5 heteroatoms. The van der Waals surface area contributed by atoms with Gasteiger partial charge in [-0.15, -0.1) is 0 Å². The van der Waals surface area contributed by atoms with E-state index in [1.807, 2.05) is 18.2 Å². The van der Waals surface area contributed by atoms with E-state index in [0.717, 1.165) is 21.8 Å². The van der Waals surface area contributed by atoms with E-state index in [4.69, 9.17) is 4.42 Å². The van der Waals surface area contributed by atoms with Crippen molar-refractivity contribution < 1.29 is 14.8 Å². The fourth-order valence-electron chi connectivity index (χ4n) is 3.10. The molecule has 3 rings (SSSR count). The Morgan fingerprint density at radius 3 is 2.60 bits per heavy atom. The summed E-state index contributed by atoms with van der Waals surface area (Å²) in [7, 11) is 0. The van der Waals surface area contributed by atoms with E-state index in [0.29, 0.717) is 23.7 Å². The second-order valence-electron chi connectivity index (χ2n) is 6.18. The minimum Gasteiger partial charge on any atom is -0.508 e. The molecule has 0 aliphatic carbocycles. The van der Waals surface area contributed by atoms with Gasteiger partial charge < -0.3 is 14.8 Å². The van der Waals surface area contributed by atoms with Gasteiger partial charge in [-0.25, -0.2) is 4.79 Å². The second-order valence-corrected chi connectivity index (χ2v) is 7.10. The molecule has 3 aromatic rings. The maximum atomic E-state index is 11.9. The van der Waals surface area contributed by atoms with Gasteiger partial charge >= 0.3 is 5.63 Å². The smallest absolute Gasteiger partial charge is 0.336 e. The number of quaternary nitrogens is 1. The fraction of sp³-hybridized carbons (Fsp3) is 0.250. The molecule has 0 saturated heterocycles. The highest BCUT2D eigenvalue weighted by Crippen LogP contribution is 2.27. The molecule has 0 spiro atoms. The molecule has 1 aromatic heterocycles. The van der Waals surface area contributed by atoms with Crippen LogP contribution in [0.1, 0.15) is 36.1 Å². The molecule has 0 amide bonds. The van der Waals surface area contributed by atoms with Gasteiger partial charge in [0.1, 0.15) is 23.9 Å². The van der Waals surface area contributed by atoms with Crippen molar-refractivity contribution in [2.24, 2.45) is 0 Å². The van der Waals surface area contributed by atoms with Gasteiger partial charge in [0, 0.05) is 39.0 Å². The van der Waals surface area contributed by atoms with Crippen molar-refractivity contribution in [3.8, 4) is 5.75 Å². The maximum absolute atomic E-state index is 11.9. The predicted molar refractivity (Wildman–Crippen MR) is 102 cm³/mol. The van der Waals surface area contributed by atoms with Gasteiger partial charge in [-0.3, -0.25) is 0 Å². The molecular formula is C20H21BrNO3+. The van der Waals surface area contributed by atoms with Gasteiger partial charge in [0.05, 0.1) is 0 Å². The van der Waals surface area contributed by atoms with Gasteiger partial charge in [0.2, 0.25) is 0 Å². The lowest BCUT2D eigenvalue weighted by Crippen LogP contribution is -2.83. The molecule has 130 valence electrons. The zero-order valence-electron chi connectivity index (χ0n) is 14.3. The zero-order chi connectivity index (χ0) is 18.0. The summed E-state index contributed by atoms with van der Waals surface area (Å²) in [6, 6.07) is 13.6. The summed E-state index contributed by atoms with van der Waals surface area (Å²) >= 11 is 3.46. The summed E-state index contributed by atoms with van der Waals surface area (Å²) in [5, 5.41) is 13.0. The van der Waals surface area contributed by atoms with Crippen molar-refractivity contribution in [2.75, 3.05) is 0 Å². The molecule has 0 unspecified atom stereocenters. The first kappa shape index (κ1) is 17.7. The molecule has 3 N–H and O–H groups in total. The molecular weight excluding hydrogens is 382 g/mol. The highest BCUT2D eigenvalue weighted by atomic mass is 79.9. The third-order valence-electron chi connectivity index (χ3n) is 4.58. The van der Waals surface area contributed by atoms with Crippen molar-refractivity contribution in [1.29, 1.82) is 0 Å². The lowest BCUT2D eigenvalue weighted by Gasteiger charge is -2.15. The number of halogens is 1. The molecule has 2 aromatic carbocycles. The van der Waals surface area contributed by atoms with Gasteiger partial charge in [0.15, 0.2) is 0 Å². The minimum atomic E-state index is -0.388. The maximum Gasteiger partial charge on any atom is 0.336 e. The topological polar surface area (TPSA) is 67.0 Å². The van der Waals surface area contributed by atoms with Crippen LogP contribution in [0.2, 0.25) is 0 Å². The van der Waals surface area contributed by atoms with E-state index in [-0.39, 0.29) is 11.4 Å². The number of aromatic hydroxyl groups is 1. The molecule has 1 heterocycles. The number of hydrogen-bond acceptors (Lipinski definition) is 3. The Morgan fingerprint density at radius 1 is 1.20 bits per heavy atom. The Labute approximate surface area is 154 Å². The first-order valence-corrected chi connectivity index (χ1v) is 9.13. The van der Waals surface area contributed by atoms with Crippen LogP contribution < -0.4 is 10.9 Å². The van der Waals surface area contributed by atoms with E-state index in [9.17, 15) is 9.90 Å². The first-order chi connectivity index (χ1) is 12.0. The average Bonchev–Trinajstić information content (AvgIpc) is 2.60. The fourth-order valence-corrected chi connectivity index (χ4v) is 3.37. The third kappa shape index (κ3) is 3.78. The van der Waals surface area contributed by atoms with Crippen LogP contribution in [-0.2, 0) is 6.54 Å². The van der Waals surface area contributed by atoms with Crippen LogP contribution in [0.4, 0.5) is 0 Å². The van der Waals surface area contributed by atoms with Crippen LogP contribution >= 0.6 is 15.9 Å². The molecule has 0 bridgehead atoms. The number of nitrogens with two attached hydrogens (primary N) is 1. The van der Waals surface area contributed by atoms with Crippen LogP contribution in [0.15, 0.2) is 56.1 Å². The molecule has 0 fully saturated rings. The summed E-state index contributed by atoms with van der Waals surface area (Å²) in [4.78, 5) is 11.9. The second kappa shape index (κ2) is 7.42. The Hall–Kier alpha value is -2.11. The quantitative estimate of drug-likeness (QED) is 0.638. The van der Waals surface area contributed by atoms with Gasteiger partial charge in [-0.2, -0.15) is 0 Å². The normalized spacial score (nSPS) is 12.4. The molecule has 1 atom stereocenters. The summed E-state index contributed by atoms with van der Waals surface area (Å²) in [6.45, 7) is 4.58. The van der Waals surface area contributed by atoms with Crippen LogP contribution in [0.25, 0.3) is 11.0 Å². The Bertz CT molecular complexity index is 948. The Kier molecular flexibility index (Phi) is 5.25. The zero-order valence-corrected chi connectivity index (χ0v) is 15.8. The van der Waals surface area contributed by atoms with Gasteiger partial charge in [0.25, 0.3) is 0 Å². The number of fused-ring (bicyclic) bond motifs is 1. The molecule has 0 saturated carbocycles. The number of rotatable bonds is 5. The molecule has 25 heavy (non-hydrogen) atoms. The standard InChI is InChI=1S/C20H20BrNO3/c1-3-17(13-4-6-15(21)7-5-13)22-11-14-10-19(24)25-20-12(2)18(23)9-8-16(14)20/h4-10,17,22-23H,3,11H2,1-2H3/p+1/t17-/m0/s1. The number of phenols is 1. The van der Waals surface area contributed by atoms with Crippen LogP contribution in [-0.4, -0.2) is 5.11 Å². The molecule has 0 aliphatic heterocycles. The van der Waals surface area contributed by atoms with E-state index in [1.165, 1.54) is 5.56 Å². The first-order valence-electron chi connectivity index (χ1n) is 8.33. The summed E-state index contributed by atoms with van der Waals surface area (Å²) in [5.74, 6) is 0.137. The van der Waals surface area contributed by atoms with E-state index >= 15 is 0 Å². The Morgan fingerprint density at radius 2 is 1.92 bits per heavy atom. The largest absolute Gasteiger partial charge is 0.508 e. The highest BCUT2D eigenvalue weighted by molar-refractivity contribution is 9.10. The molecule has 0 aliphatic rings.